The molecule has 2 atom stereocenters. The highest BCUT2D eigenvalue weighted by atomic mass is 32.2. The van der Waals surface area contributed by atoms with Gasteiger partial charge in [0.25, 0.3) is 0 Å². The maximum atomic E-state index is 11.1. The Kier molecular flexibility index (Phi) is 5.36. The molecular formula is C12H21N3O3S2. The third-order valence-electron chi connectivity index (χ3n) is 3.51. The number of nitrogens with zero attached hydrogens (tertiary/aromatic N) is 1. The normalized spacial score (nSPS) is 23.7. The van der Waals surface area contributed by atoms with Gasteiger partial charge in [0.05, 0.1) is 18.9 Å². The number of anilines is 1. The largest absolute Gasteiger partial charge is 0.376 e. The van der Waals surface area contributed by atoms with Crippen LogP contribution in [-0.4, -0.2) is 32.7 Å². The second kappa shape index (κ2) is 6.84. The van der Waals surface area contributed by atoms with Gasteiger partial charge in [0.1, 0.15) is 0 Å². The Balaban J connectivity index is 1.72. The van der Waals surface area contributed by atoms with Gasteiger partial charge in [-0.05, 0) is 18.8 Å². The van der Waals surface area contributed by atoms with Gasteiger partial charge in [0, 0.05) is 6.54 Å². The molecule has 114 valence electrons. The van der Waals surface area contributed by atoms with Gasteiger partial charge >= 0.3 is 0 Å². The summed E-state index contributed by atoms with van der Waals surface area (Å²) >= 11 is 1.04. The van der Waals surface area contributed by atoms with E-state index in [1.165, 1.54) is 25.5 Å². The second-order valence-corrected chi connectivity index (χ2v) is 7.95. The average Bonchev–Trinajstić information content (AvgIpc) is 2.85. The van der Waals surface area contributed by atoms with Gasteiger partial charge in [0.2, 0.25) is 10.0 Å². The van der Waals surface area contributed by atoms with E-state index in [-0.39, 0.29) is 4.21 Å². The monoisotopic (exact) mass is 319 g/mol. The summed E-state index contributed by atoms with van der Waals surface area (Å²) in [5.74, 6) is 0.623. The van der Waals surface area contributed by atoms with Crippen LogP contribution >= 0.6 is 11.3 Å². The molecule has 8 heteroatoms. The number of aromatic nitrogens is 1. The quantitative estimate of drug-likeness (QED) is 0.780. The topological polar surface area (TPSA) is 94.3 Å². The molecule has 0 unspecified atom stereocenters. The van der Waals surface area contributed by atoms with Crippen molar-refractivity contribution in [1.29, 1.82) is 0 Å². The van der Waals surface area contributed by atoms with Crippen LogP contribution in [0.15, 0.2) is 10.4 Å². The van der Waals surface area contributed by atoms with Crippen molar-refractivity contribution < 1.29 is 13.2 Å². The lowest BCUT2D eigenvalue weighted by atomic mass is 9.88. The van der Waals surface area contributed by atoms with Gasteiger partial charge < -0.3 is 10.1 Å². The van der Waals surface area contributed by atoms with E-state index in [9.17, 15) is 8.42 Å². The molecule has 0 aliphatic heterocycles. The molecule has 0 bridgehead atoms. The number of rotatable bonds is 6. The summed E-state index contributed by atoms with van der Waals surface area (Å²) in [6.07, 6.45) is 6.53. The zero-order valence-electron chi connectivity index (χ0n) is 11.5. The molecule has 2 rings (SSSR count). The highest BCUT2D eigenvalue weighted by Crippen LogP contribution is 2.26. The predicted octanol–water partition coefficient (Wildman–Crippen LogP) is 1.80. The Bertz CT molecular complexity index is 530. The molecule has 1 saturated carbocycles. The molecule has 1 heterocycles. The molecule has 0 aromatic carbocycles. The van der Waals surface area contributed by atoms with Gasteiger partial charge in [-0.1, -0.05) is 31.1 Å². The van der Waals surface area contributed by atoms with Crippen LogP contribution in [0.1, 0.15) is 32.6 Å². The maximum absolute atomic E-state index is 11.1. The van der Waals surface area contributed by atoms with Crippen LogP contribution in [0.25, 0.3) is 0 Å². The lowest BCUT2D eigenvalue weighted by molar-refractivity contribution is 0.000392. The van der Waals surface area contributed by atoms with Crippen molar-refractivity contribution in [2.75, 3.05) is 18.5 Å². The summed E-state index contributed by atoms with van der Waals surface area (Å²) in [6.45, 7) is 3.44. The highest BCUT2D eigenvalue weighted by Gasteiger charge is 2.21. The number of ether oxygens (including phenoxy) is 1. The van der Waals surface area contributed by atoms with Gasteiger partial charge in [-0.15, -0.1) is 0 Å². The Hall–Kier alpha value is -0.700. The molecule has 1 aliphatic rings. The molecule has 20 heavy (non-hydrogen) atoms. The van der Waals surface area contributed by atoms with Crippen molar-refractivity contribution in [2.24, 2.45) is 11.1 Å². The summed E-state index contributed by atoms with van der Waals surface area (Å²) in [4.78, 5) is 3.97. The summed E-state index contributed by atoms with van der Waals surface area (Å²) < 4.78 is 28.2. The predicted molar refractivity (Wildman–Crippen MR) is 79.3 cm³/mol. The van der Waals surface area contributed by atoms with Gasteiger partial charge in [-0.2, -0.15) is 0 Å². The fourth-order valence-corrected chi connectivity index (χ4v) is 3.85. The SMILES string of the molecule is C[C@H]1CCCC[C@H]1OCCNc1ncc(S(N)(=O)=O)s1. The number of hydrogen-bond donors (Lipinski definition) is 2. The summed E-state index contributed by atoms with van der Waals surface area (Å²) in [7, 11) is -3.65. The van der Waals surface area contributed by atoms with E-state index < -0.39 is 10.0 Å². The second-order valence-electron chi connectivity index (χ2n) is 5.13. The van der Waals surface area contributed by atoms with Crippen LogP contribution in [0.3, 0.4) is 0 Å². The minimum Gasteiger partial charge on any atom is -0.376 e. The molecule has 1 fully saturated rings. The molecule has 6 nitrogen and oxygen atoms in total. The van der Waals surface area contributed by atoms with E-state index in [0.717, 1.165) is 17.8 Å². The number of nitrogens with two attached hydrogens (primary N) is 1. The van der Waals surface area contributed by atoms with Crippen molar-refractivity contribution in [3.63, 3.8) is 0 Å². The fourth-order valence-electron chi connectivity index (χ4n) is 2.37. The Morgan fingerprint density at radius 3 is 2.90 bits per heavy atom. The van der Waals surface area contributed by atoms with Crippen molar-refractivity contribution in [3.8, 4) is 0 Å². The third kappa shape index (κ3) is 4.41. The number of hydrogen-bond acceptors (Lipinski definition) is 6. The van der Waals surface area contributed by atoms with Crippen LogP contribution < -0.4 is 10.5 Å². The van der Waals surface area contributed by atoms with Gasteiger partial charge in [-0.3, -0.25) is 0 Å². The van der Waals surface area contributed by atoms with Crippen LogP contribution in [-0.2, 0) is 14.8 Å². The highest BCUT2D eigenvalue weighted by molar-refractivity contribution is 7.91. The van der Waals surface area contributed by atoms with Crippen molar-refractivity contribution in [1.82, 2.24) is 4.98 Å². The number of thiazole rings is 1. The molecule has 1 aliphatic carbocycles. The minimum absolute atomic E-state index is 0.0711. The van der Waals surface area contributed by atoms with Crippen LogP contribution in [0.2, 0.25) is 0 Å². The molecule has 3 N–H and O–H groups in total. The van der Waals surface area contributed by atoms with Gasteiger partial charge in [-0.25, -0.2) is 18.5 Å². The molecule has 0 amide bonds. The van der Waals surface area contributed by atoms with E-state index in [0.29, 0.717) is 30.3 Å². The molecule has 0 saturated heterocycles. The van der Waals surface area contributed by atoms with Crippen molar-refractivity contribution in [2.45, 2.75) is 42.9 Å². The summed E-state index contributed by atoms with van der Waals surface area (Å²) in [6, 6.07) is 0. The molecule has 0 spiro atoms. The molecule has 1 aromatic rings. The molecule has 1 aromatic heterocycles. The lowest BCUT2D eigenvalue weighted by Crippen LogP contribution is -2.27. The van der Waals surface area contributed by atoms with E-state index in [4.69, 9.17) is 9.88 Å². The van der Waals surface area contributed by atoms with Crippen LogP contribution in [0, 0.1) is 5.92 Å². The number of nitrogens with one attached hydrogen (secondary N) is 1. The number of sulfonamides is 1. The standard InChI is InChI=1S/C12H21N3O3S2/c1-9-4-2-3-5-10(9)18-7-6-14-12-15-8-11(19-12)20(13,16)17/h8-10H,2-7H2,1H3,(H,14,15)(H2,13,16,17)/t9-,10+/m0/s1. The summed E-state index contributed by atoms with van der Waals surface area (Å²) in [5.41, 5.74) is 0. The van der Waals surface area contributed by atoms with E-state index in [2.05, 4.69) is 17.2 Å². The average molecular weight is 319 g/mol. The van der Waals surface area contributed by atoms with E-state index in [1.54, 1.807) is 0 Å². The lowest BCUT2D eigenvalue weighted by Gasteiger charge is -2.28. The third-order valence-corrected chi connectivity index (χ3v) is 5.87. The number of primary sulfonamides is 1. The maximum Gasteiger partial charge on any atom is 0.249 e. The first-order valence-electron chi connectivity index (χ1n) is 6.81. The summed E-state index contributed by atoms with van der Waals surface area (Å²) in [5, 5.41) is 8.63. The van der Waals surface area contributed by atoms with E-state index >= 15 is 0 Å². The Morgan fingerprint density at radius 2 is 2.25 bits per heavy atom. The Morgan fingerprint density at radius 1 is 1.50 bits per heavy atom. The first kappa shape index (κ1) is 15.7. The van der Waals surface area contributed by atoms with Crippen LogP contribution in [0.5, 0.6) is 0 Å². The molecule has 0 radical (unpaired) electrons. The zero-order chi connectivity index (χ0) is 14.6. The minimum atomic E-state index is -3.65. The van der Waals surface area contributed by atoms with E-state index in [1.807, 2.05) is 0 Å². The Labute approximate surface area is 123 Å². The fraction of sp³-hybridized carbons (Fsp3) is 0.750. The molecular weight excluding hydrogens is 298 g/mol. The first-order chi connectivity index (χ1) is 9.47. The van der Waals surface area contributed by atoms with Gasteiger partial charge in [0.15, 0.2) is 9.34 Å². The first-order valence-corrected chi connectivity index (χ1v) is 9.17. The zero-order valence-corrected chi connectivity index (χ0v) is 13.2. The van der Waals surface area contributed by atoms with Crippen LogP contribution in [0.4, 0.5) is 5.13 Å². The van der Waals surface area contributed by atoms with Crippen molar-refractivity contribution in [3.05, 3.63) is 6.20 Å². The smallest absolute Gasteiger partial charge is 0.249 e. The van der Waals surface area contributed by atoms with Crippen molar-refractivity contribution >= 4 is 26.5 Å².